The van der Waals surface area contributed by atoms with Gasteiger partial charge in [-0.1, -0.05) is 18.5 Å². The molecule has 1 rings (SSSR count). The molecule has 0 spiro atoms. The lowest BCUT2D eigenvalue weighted by Crippen LogP contribution is -2.34. The molecule has 6 nitrogen and oxygen atoms in total. The van der Waals surface area contributed by atoms with Crippen LogP contribution in [0.15, 0.2) is 12.1 Å². The van der Waals surface area contributed by atoms with Gasteiger partial charge in [-0.2, -0.15) is 0 Å². The molecule has 8 heteroatoms. The van der Waals surface area contributed by atoms with Crippen molar-refractivity contribution < 1.29 is 13.2 Å². The molecule has 0 saturated carbocycles. The monoisotopic (exact) mass is 305 g/mol. The van der Waals surface area contributed by atoms with Crippen LogP contribution in [0.3, 0.4) is 0 Å². The Morgan fingerprint density at radius 3 is 2.63 bits per heavy atom. The SMILES string of the molecule is CCc1cc(C(=O)NCCNS(C)(=O)=O)cc(Cl)n1. The first-order valence-electron chi connectivity index (χ1n) is 5.71. The number of hydrogen-bond acceptors (Lipinski definition) is 4. The molecular weight excluding hydrogens is 290 g/mol. The fraction of sp³-hybridized carbons (Fsp3) is 0.455. The molecule has 0 radical (unpaired) electrons. The second kappa shape index (κ2) is 6.83. The van der Waals surface area contributed by atoms with Crippen LogP contribution in [0.2, 0.25) is 5.15 Å². The van der Waals surface area contributed by atoms with E-state index >= 15 is 0 Å². The number of sulfonamides is 1. The highest BCUT2D eigenvalue weighted by molar-refractivity contribution is 7.88. The number of rotatable bonds is 6. The van der Waals surface area contributed by atoms with E-state index < -0.39 is 10.0 Å². The summed E-state index contributed by atoms with van der Waals surface area (Å²) in [6.07, 6.45) is 1.74. The molecule has 0 aromatic carbocycles. The quantitative estimate of drug-likeness (QED) is 0.594. The molecule has 0 fully saturated rings. The van der Waals surface area contributed by atoms with Crippen LogP contribution in [0.5, 0.6) is 0 Å². The van der Waals surface area contributed by atoms with Crippen molar-refractivity contribution in [2.24, 2.45) is 0 Å². The van der Waals surface area contributed by atoms with E-state index in [4.69, 9.17) is 11.6 Å². The van der Waals surface area contributed by atoms with Gasteiger partial charge in [0.05, 0.1) is 6.26 Å². The Morgan fingerprint density at radius 2 is 2.05 bits per heavy atom. The predicted octanol–water partition coefficient (Wildman–Crippen LogP) is 0.576. The Balaban J connectivity index is 2.56. The van der Waals surface area contributed by atoms with Gasteiger partial charge in [0.25, 0.3) is 5.91 Å². The average molecular weight is 306 g/mol. The van der Waals surface area contributed by atoms with Gasteiger partial charge in [0.1, 0.15) is 5.15 Å². The summed E-state index contributed by atoms with van der Waals surface area (Å²) >= 11 is 5.81. The van der Waals surface area contributed by atoms with Crippen LogP contribution in [0.1, 0.15) is 23.0 Å². The number of carbonyl (C=O) groups is 1. The zero-order valence-corrected chi connectivity index (χ0v) is 12.3. The normalized spacial score (nSPS) is 11.3. The third kappa shape index (κ3) is 6.00. The van der Waals surface area contributed by atoms with E-state index in [-0.39, 0.29) is 24.1 Å². The highest BCUT2D eigenvalue weighted by Gasteiger charge is 2.08. The molecule has 0 aliphatic heterocycles. The van der Waals surface area contributed by atoms with Crippen molar-refractivity contribution in [3.8, 4) is 0 Å². The van der Waals surface area contributed by atoms with Crippen molar-refractivity contribution in [2.75, 3.05) is 19.3 Å². The van der Waals surface area contributed by atoms with E-state index in [0.29, 0.717) is 12.0 Å². The maximum atomic E-state index is 11.8. The Bertz CT molecular complexity index is 560. The first kappa shape index (κ1) is 15.9. The number of nitrogens with zero attached hydrogens (tertiary/aromatic N) is 1. The highest BCUT2D eigenvalue weighted by Crippen LogP contribution is 2.11. The maximum Gasteiger partial charge on any atom is 0.251 e. The van der Waals surface area contributed by atoms with E-state index in [1.54, 1.807) is 6.07 Å². The fourth-order valence-corrected chi connectivity index (χ4v) is 2.08. The first-order valence-corrected chi connectivity index (χ1v) is 7.98. The van der Waals surface area contributed by atoms with Crippen LogP contribution >= 0.6 is 11.6 Å². The minimum atomic E-state index is -3.24. The van der Waals surface area contributed by atoms with Crippen molar-refractivity contribution in [3.63, 3.8) is 0 Å². The van der Waals surface area contributed by atoms with Gasteiger partial charge in [-0.15, -0.1) is 0 Å². The topological polar surface area (TPSA) is 88.2 Å². The zero-order chi connectivity index (χ0) is 14.5. The average Bonchev–Trinajstić information content (AvgIpc) is 2.32. The van der Waals surface area contributed by atoms with E-state index in [1.807, 2.05) is 6.92 Å². The molecule has 2 N–H and O–H groups in total. The first-order chi connectivity index (χ1) is 8.81. The molecule has 1 amide bonds. The molecule has 0 aliphatic carbocycles. The van der Waals surface area contributed by atoms with Crippen molar-refractivity contribution >= 4 is 27.5 Å². The van der Waals surface area contributed by atoms with E-state index in [1.165, 1.54) is 6.07 Å². The van der Waals surface area contributed by atoms with E-state index in [9.17, 15) is 13.2 Å². The summed E-state index contributed by atoms with van der Waals surface area (Å²) in [5.41, 5.74) is 1.14. The number of halogens is 1. The van der Waals surface area contributed by atoms with Crippen molar-refractivity contribution in [3.05, 3.63) is 28.5 Å². The van der Waals surface area contributed by atoms with Crippen LogP contribution in [0, 0.1) is 0 Å². The number of hydrogen-bond donors (Lipinski definition) is 2. The van der Waals surface area contributed by atoms with Gasteiger partial charge in [-0.25, -0.2) is 18.1 Å². The smallest absolute Gasteiger partial charge is 0.251 e. The summed E-state index contributed by atoms with van der Waals surface area (Å²) in [7, 11) is -3.24. The third-order valence-electron chi connectivity index (χ3n) is 2.25. The molecule has 19 heavy (non-hydrogen) atoms. The van der Waals surface area contributed by atoms with Gasteiger partial charge >= 0.3 is 0 Å². The Morgan fingerprint density at radius 1 is 1.37 bits per heavy atom. The van der Waals surface area contributed by atoms with Gasteiger partial charge in [-0.3, -0.25) is 4.79 Å². The van der Waals surface area contributed by atoms with Crippen LogP contribution in [0.4, 0.5) is 0 Å². The van der Waals surface area contributed by atoms with Crippen molar-refractivity contribution in [1.82, 2.24) is 15.0 Å². The van der Waals surface area contributed by atoms with Gasteiger partial charge in [0.2, 0.25) is 10.0 Å². The maximum absolute atomic E-state index is 11.8. The molecule has 0 saturated heterocycles. The standard InChI is InChI=1S/C11H16ClN3O3S/c1-3-9-6-8(7-10(12)15-9)11(16)13-4-5-14-19(2,17)18/h6-7,14H,3-5H2,1-2H3,(H,13,16). The highest BCUT2D eigenvalue weighted by atomic mass is 35.5. The fourth-order valence-electron chi connectivity index (χ4n) is 1.38. The number of carbonyl (C=O) groups excluding carboxylic acids is 1. The summed E-state index contributed by atoms with van der Waals surface area (Å²) in [5, 5.41) is 2.86. The van der Waals surface area contributed by atoms with Crippen LogP contribution < -0.4 is 10.0 Å². The second-order valence-electron chi connectivity index (χ2n) is 3.95. The molecule has 1 aromatic rings. The molecule has 1 aromatic heterocycles. The number of aromatic nitrogens is 1. The summed E-state index contributed by atoms with van der Waals surface area (Å²) in [4.78, 5) is 15.9. The summed E-state index contributed by atoms with van der Waals surface area (Å²) in [6, 6.07) is 3.13. The second-order valence-corrected chi connectivity index (χ2v) is 6.17. The summed E-state index contributed by atoms with van der Waals surface area (Å²) in [6.45, 7) is 2.26. The van der Waals surface area contributed by atoms with E-state index in [2.05, 4.69) is 15.0 Å². The molecule has 0 unspecified atom stereocenters. The number of nitrogens with one attached hydrogen (secondary N) is 2. The minimum Gasteiger partial charge on any atom is -0.351 e. The number of aryl methyl sites for hydroxylation is 1. The van der Waals surface area contributed by atoms with Gasteiger partial charge < -0.3 is 5.32 Å². The molecule has 1 heterocycles. The lowest BCUT2D eigenvalue weighted by Gasteiger charge is -2.07. The number of pyridine rings is 1. The Labute approximate surface area is 117 Å². The van der Waals surface area contributed by atoms with Crippen LogP contribution in [-0.2, 0) is 16.4 Å². The molecule has 0 aliphatic rings. The minimum absolute atomic E-state index is 0.143. The van der Waals surface area contributed by atoms with Crippen LogP contribution in [-0.4, -0.2) is 38.7 Å². The van der Waals surface area contributed by atoms with Crippen LogP contribution in [0.25, 0.3) is 0 Å². The largest absolute Gasteiger partial charge is 0.351 e. The zero-order valence-electron chi connectivity index (χ0n) is 10.7. The predicted molar refractivity (Wildman–Crippen MR) is 73.8 cm³/mol. The number of amides is 1. The Hall–Kier alpha value is -1.18. The molecule has 106 valence electrons. The lowest BCUT2D eigenvalue weighted by molar-refractivity contribution is 0.0954. The summed E-state index contributed by atoms with van der Waals surface area (Å²) < 4.78 is 23.9. The van der Waals surface area contributed by atoms with Crippen molar-refractivity contribution in [2.45, 2.75) is 13.3 Å². The van der Waals surface area contributed by atoms with Gasteiger partial charge in [0, 0.05) is 24.3 Å². The lowest BCUT2D eigenvalue weighted by atomic mass is 10.2. The van der Waals surface area contributed by atoms with E-state index in [0.717, 1.165) is 11.9 Å². The van der Waals surface area contributed by atoms with Crippen molar-refractivity contribution in [1.29, 1.82) is 0 Å². The van der Waals surface area contributed by atoms with Gasteiger partial charge in [-0.05, 0) is 18.6 Å². The van der Waals surface area contributed by atoms with Gasteiger partial charge in [0.15, 0.2) is 0 Å². The molecule has 0 atom stereocenters. The third-order valence-corrected chi connectivity index (χ3v) is 3.17. The summed E-state index contributed by atoms with van der Waals surface area (Å²) in [5.74, 6) is -0.311. The molecular formula is C11H16ClN3O3S. The Kier molecular flexibility index (Phi) is 5.71. The molecule has 0 bridgehead atoms.